The van der Waals surface area contributed by atoms with E-state index in [2.05, 4.69) is 34.9 Å². The predicted octanol–water partition coefficient (Wildman–Crippen LogP) is 3.51. The first-order valence-electron chi connectivity index (χ1n) is 4.93. The quantitative estimate of drug-likeness (QED) is 0.909. The first-order valence-corrected chi connectivity index (χ1v) is 8.33. The van der Waals surface area contributed by atoms with E-state index >= 15 is 0 Å². The van der Waals surface area contributed by atoms with Crippen molar-refractivity contribution in [2.24, 2.45) is 0 Å². The third-order valence-corrected chi connectivity index (χ3v) is 6.60. The van der Waals surface area contributed by atoms with Crippen molar-refractivity contribution in [1.82, 2.24) is 5.32 Å². The lowest BCUT2D eigenvalue weighted by Gasteiger charge is -2.28. The Labute approximate surface area is 108 Å². The zero-order valence-corrected chi connectivity index (χ0v) is 11.7. The fourth-order valence-electron chi connectivity index (χ4n) is 1.71. The second-order valence-electron chi connectivity index (χ2n) is 3.39. The SMILES string of the molecule is CNC(c1ccc(Cl)s1)C1CSCCS1. The maximum absolute atomic E-state index is 5.98. The van der Waals surface area contributed by atoms with Gasteiger partial charge in [0.1, 0.15) is 0 Å². The molecule has 1 nitrogen and oxygen atoms in total. The molecule has 0 bridgehead atoms. The molecule has 1 saturated heterocycles. The fourth-order valence-corrected chi connectivity index (χ4v) is 5.93. The Balaban J connectivity index is 2.08. The Morgan fingerprint density at radius 1 is 1.47 bits per heavy atom. The minimum atomic E-state index is 0.459. The number of thioether (sulfide) groups is 2. The summed E-state index contributed by atoms with van der Waals surface area (Å²) >= 11 is 11.8. The molecular weight excluding hydrogens is 266 g/mol. The number of hydrogen-bond acceptors (Lipinski definition) is 4. The zero-order chi connectivity index (χ0) is 10.7. The number of nitrogens with one attached hydrogen (secondary N) is 1. The average Bonchev–Trinajstić information content (AvgIpc) is 2.68. The molecular formula is C10H14ClNS3. The van der Waals surface area contributed by atoms with Crippen LogP contribution in [0.4, 0.5) is 0 Å². The molecule has 0 spiro atoms. The summed E-state index contributed by atoms with van der Waals surface area (Å²) in [7, 11) is 2.04. The van der Waals surface area contributed by atoms with Crippen molar-refractivity contribution >= 4 is 46.5 Å². The van der Waals surface area contributed by atoms with Crippen LogP contribution in [-0.2, 0) is 0 Å². The van der Waals surface area contributed by atoms with Gasteiger partial charge >= 0.3 is 0 Å². The van der Waals surface area contributed by atoms with E-state index < -0.39 is 0 Å². The molecule has 1 N–H and O–H groups in total. The Hall–Kier alpha value is 0.650. The van der Waals surface area contributed by atoms with Crippen LogP contribution in [0.1, 0.15) is 10.9 Å². The molecule has 1 aromatic heterocycles. The normalized spacial score (nSPS) is 24.0. The summed E-state index contributed by atoms with van der Waals surface area (Å²) in [6.45, 7) is 0. The van der Waals surface area contributed by atoms with Crippen molar-refractivity contribution in [2.45, 2.75) is 11.3 Å². The molecule has 15 heavy (non-hydrogen) atoms. The largest absolute Gasteiger partial charge is 0.311 e. The van der Waals surface area contributed by atoms with Crippen LogP contribution in [0.15, 0.2) is 12.1 Å². The first-order chi connectivity index (χ1) is 7.31. The monoisotopic (exact) mass is 279 g/mol. The Morgan fingerprint density at radius 2 is 2.33 bits per heavy atom. The molecule has 2 atom stereocenters. The molecule has 5 heteroatoms. The van der Waals surface area contributed by atoms with Crippen LogP contribution in [-0.4, -0.2) is 29.6 Å². The Bertz CT molecular complexity index is 309. The van der Waals surface area contributed by atoms with Gasteiger partial charge in [-0.05, 0) is 19.2 Å². The van der Waals surface area contributed by atoms with Crippen LogP contribution in [0.2, 0.25) is 4.34 Å². The van der Waals surface area contributed by atoms with Gasteiger partial charge in [0.05, 0.1) is 10.4 Å². The highest BCUT2D eigenvalue weighted by molar-refractivity contribution is 8.06. The van der Waals surface area contributed by atoms with Gasteiger partial charge in [-0.15, -0.1) is 11.3 Å². The standard InChI is InChI=1S/C10H14ClNS3/c1-12-10(7-2-3-9(11)15-7)8-6-13-4-5-14-8/h2-3,8,10,12H,4-6H2,1H3. The van der Waals surface area contributed by atoms with E-state index in [1.54, 1.807) is 11.3 Å². The van der Waals surface area contributed by atoms with Crippen molar-refractivity contribution in [3.63, 3.8) is 0 Å². The molecule has 2 rings (SSSR count). The molecule has 0 radical (unpaired) electrons. The average molecular weight is 280 g/mol. The zero-order valence-electron chi connectivity index (χ0n) is 8.53. The van der Waals surface area contributed by atoms with Gasteiger partial charge in [0.15, 0.2) is 0 Å². The lowest BCUT2D eigenvalue weighted by molar-refractivity contribution is 0.602. The summed E-state index contributed by atoms with van der Waals surface area (Å²) < 4.78 is 0.888. The van der Waals surface area contributed by atoms with E-state index in [9.17, 15) is 0 Å². The van der Waals surface area contributed by atoms with Crippen molar-refractivity contribution < 1.29 is 0 Å². The third-order valence-electron chi connectivity index (χ3n) is 2.43. The summed E-state index contributed by atoms with van der Waals surface area (Å²) in [5.74, 6) is 3.81. The maximum atomic E-state index is 5.98. The van der Waals surface area contributed by atoms with Gasteiger partial charge in [0.25, 0.3) is 0 Å². The summed E-state index contributed by atoms with van der Waals surface area (Å²) in [4.78, 5) is 1.36. The van der Waals surface area contributed by atoms with Crippen LogP contribution in [0.5, 0.6) is 0 Å². The Morgan fingerprint density at radius 3 is 2.87 bits per heavy atom. The van der Waals surface area contributed by atoms with E-state index in [1.807, 2.05) is 13.1 Å². The van der Waals surface area contributed by atoms with Crippen LogP contribution in [0.3, 0.4) is 0 Å². The first kappa shape index (κ1) is 12.1. The third kappa shape index (κ3) is 3.07. The number of rotatable bonds is 3. The Kier molecular flexibility index (Phi) is 4.70. The maximum Gasteiger partial charge on any atom is 0.0931 e. The van der Waals surface area contributed by atoms with Crippen molar-refractivity contribution in [1.29, 1.82) is 0 Å². The molecule has 0 amide bonds. The molecule has 0 aliphatic carbocycles. The van der Waals surface area contributed by atoms with E-state index in [0.29, 0.717) is 11.3 Å². The lowest BCUT2D eigenvalue weighted by Crippen LogP contribution is -2.30. The minimum absolute atomic E-state index is 0.459. The lowest BCUT2D eigenvalue weighted by atomic mass is 10.2. The van der Waals surface area contributed by atoms with E-state index in [-0.39, 0.29) is 0 Å². The number of halogens is 1. The second kappa shape index (κ2) is 5.82. The van der Waals surface area contributed by atoms with Crippen molar-refractivity contribution in [3.05, 3.63) is 21.3 Å². The van der Waals surface area contributed by atoms with Gasteiger partial charge in [-0.3, -0.25) is 0 Å². The summed E-state index contributed by atoms with van der Waals surface area (Å²) in [6.07, 6.45) is 0. The molecule has 2 unspecified atom stereocenters. The number of hydrogen-bond donors (Lipinski definition) is 1. The smallest absolute Gasteiger partial charge is 0.0931 e. The van der Waals surface area contributed by atoms with Gasteiger partial charge in [0.2, 0.25) is 0 Å². The van der Waals surface area contributed by atoms with Gasteiger partial charge in [-0.1, -0.05) is 11.6 Å². The molecule has 0 aromatic carbocycles. The predicted molar refractivity (Wildman–Crippen MR) is 74.7 cm³/mol. The van der Waals surface area contributed by atoms with Crippen molar-refractivity contribution in [3.8, 4) is 0 Å². The van der Waals surface area contributed by atoms with Crippen LogP contribution < -0.4 is 5.32 Å². The molecule has 0 saturated carbocycles. The van der Waals surface area contributed by atoms with Gasteiger partial charge in [0, 0.05) is 27.4 Å². The van der Waals surface area contributed by atoms with Gasteiger partial charge in [-0.2, -0.15) is 23.5 Å². The fraction of sp³-hybridized carbons (Fsp3) is 0.600. The molecule has 1 aliphatic heterocycles. The highest BCUT2D eigenvalue weighted by atomic mass is 35.5. The van der Waals surface area contributed by atoms with Crippen LogP contribution in [0.25, 0.3) is 0 Å². The molecule has 84 valence electrons. The topological polar surface area (TPSA) is 12.0 Å². The van der Waals surface area contributed by atoms with Crippen LogP contribution >= 0.6 is 46.5 Å². The van der Waals surface area contributed by atoms with Crippen LogP contribution in [0, 0.1) is 0 Å². The van der Waals surface area contributed by atoms with E-state index in [1.165, 1.54) is 22.1 Å². The van der Waals surface area contributed by atoms with Crippen molar-refractivity contribution in [2.75, 3.05) is 24.3 Å². The van der Waals surface area contributed by atoms with Gasteiger partial charge in [-0.25, -0.2) is 0 Å². The van der Waals surface area contributed by atoms with E-state index in [4.69, 9.17) is 11.6 Å². The molecule has 1 fully saturated rings. The molecule has 2 heterocycles. The molecule has 1 aromatic rings. The summed E-state index contributed by atoms with van der Waals surface area (Å²) in [6, 6.07) is 4.60. The molecule has 1 aliphatic rings. The second-order valence-corrected chi connectivity index (χ2v) is 7.64. The van der Waals surface area contributed by atoms with E-state index in [0.717, 1.165) is 4.34 Å². The van der Waals surface area contributed by atoms with Gasteiger partial charge < -0.3 is 5.32 Å². The highest BCUT2D eigenvalue weighted by Crippen LogP contribution is 2.36. The number of thiophene rings is 1. The summed E-state index contributed by atoms with van der Waals surface area (Å²) in [5, 5.41) is 4.10. The highest BCUT2D eigenvalue weighted by Gasteiger charge is 2.25. The summed E-state index contributed by atoms with van der Waals surface area (Å²) in [5.41, 5.74) is 0. The minimum Gasteiger partial charge on any atom is -0.311 e.